The van der Waals surface area contributed by atoms with Gasteiger partial charge in [0.25, 0.3) is 0 Å². The molecule has 12 nitrogen and oxygen atoms in total. The topological polar surface area (TPSA) is 204 Å². The Balaban J connectivity index is 0.000000124. The highest BCUT2D eigenvalue weighted by Crippen LogP contribution is 2.61. The van der Waals surface area contributed by atoms with Crippen molar-refractivity contribution in [1.29, 1.82) is 0 Å². The summed E-state index contributed by atoms with van der Waals surface area (Å²) in [5.41, 5.74) is 6.79. The van der Waals surface area contributed by atoms with Crippen LogP contribution in [-0.4, -0.2) is 57.4 Å². The van der Waals surface area contributed by atoms with Gasteiger partial charge < -0.3 is 15.9 Å². The van der Waals surface area contributed by atoms with Crippen LogP contribution in [0.4, 0.5) is 0 Å². The summed E-state index contributed by atoms with van der Waals surface area (Å²) in [5, 5.41) is 38.7. The number of carboxylic acids is 2. The van der Waals surface area contributed by atoms with E-state index in [-0.39, 0.29) is 52.5 Å². The van der Waals surface area contributed by atoms with Crippen LogP contribution in [-0.2, 0) is 14.4 Å². The van der Waals surface area contributed by atoms with Crippen LogP contribution in [0.15, 0.2) is 60.3 Å². The Hall–Kier alpha value is -3.93. The number of allylic oxidation sites excluding steroid dienone is 10. The number of hydrogen-bond donors (Lipinski definition) is 3. The van der Waals surface area contributed by atoms with Gasteiger partial charge in [-0.2, -0.15) is 0 Å². The predicted octanol–water partition coefficient (Wildman–Crippen LogP) is 8.48. The minimum Gasteiger partial charge on any atom is -0.481 e. The van der Waals surface area contributed by atoms with Crippen LogP contribution in [0.2, 0.25) is 0 Å². The van der Waals surface area contributed by atoms with E-state index in [9.17, 15) is 34.6 Å². The monoisotopic (exact) mass is 803 g/mol. The smallest absolute Gasteiger partial charge is 0.304 e. The number of aliphatic carboxylic acids is 2. The first-order valence-electron chi connectivity index (χ1n) is 21.9. The van der Waals surface area contributed by atoms with Gasteiger partial charge >= 0.3 is 11.9 Å². The van der Waals surface area contributed by atoms with Crippen LogP contribution in [0.5, 0.6) is 0 Å². The van der Waals surface area contributed by atoms with E-state index in [0.717, 1.165) is 62.7 Å². The molecule has 6 fully saturated rings. The number of nitro groups is 2. The molecule has 10 aliphatic carbocycles. The normalized spacial score (nSPS) is 40.8. The predicted molar refractivity (Wildman–Crippen MR) is 221 cm³/mol. The highest BCUT2D eigenvalue weighted by atomic mass is 16.6. The first-order valence-corrected chi connectivity index (χ1v) is 21.9. The van der Waals surface area contributed by atoms with Crippen molar-refractivity contribution in [2.45, 2.75) is 110 Å². The van der Waals surface area contributed by atoms with E-state index in [1.165, 1.54) is 32.1 Å². The van der Waals surface area contributed by atoms with Gasteiger partial charge in [-0.1, -0.05) is 80.0 Å². The van der Waals surface area contributed by atoms with E-state index >= 15 is 0 Å². The fourth-order valence-electron chi connectivity index (χ4n) is 13.0. The zero-order valence-electron chi connectivity index (χ0n) is 34.4. The largest absolute Gasteiger partial charge is 0.481 e. The number of rotatable bonds is 10. The molecular formula is C46H65N3O9. The number of Topliss-reactive ketones (excluding diaryl/α,β-unsaturated/α-hetero) is 1. The molecule has 0 aromatic heterocycles. The summed E-state index contributed by atoms with van der Waals surface area (Å²) in [6.07, 6.45) is 33.8. The lowest BCUT2D eigenvalue weighted by molar-refractivity contribution is -0.506. The molecule has 318 valence electrons. The van der Waals surface area contributed by atoms with E-state index in [1.54, 1.807) is 5.57 Å². The second kappa shape index (κ2) is 18.1. The lowest BCUT2D eigenvalue weighted by Crippen LogP contribution is -2.51. The number of hydrogen-bond acceptors (Lipinski definition) is 8. The average molecular weight is 804 g/mol. The molecule has 0 aliphatic heterocycles. The average Bonchev–Trinajstić information content (AvgIpc) is 3.98. The Morgan fingerprint density at radius 2 is 1.26 bits per heavy atom. The number of nitrogens with two attached hydrogens (primary N) is 1. The van der Waals surface area contributed by atoms with Crippen molar-refractivity contribution >= 4 is 17.7 Å². The Morgan fingerprint density at radius 3 is 1.72 bits per heavy atom. The van der Waals surface area contributed by atoms with Gasteiger partial charge in [-0.05, 0) is 136 Å². The van der Waals surface area contributed by atoms with Gasteiger partial charge in [0.1, 0.15) is 5.78 Å². The van der Waals surface area contributed by atoms with Gasteiger partial charge in [0, 0.05) is 33.0 Å². The quantitative estimate of drug-likeness (QED) is 0.109. The van der Waals surface area contributed by atoms with Crippen LogP contribution in [0.1, 0.15) is 110 Å². The summed E-state index contributed by atoms with van der Waals surface area (Å²) in [7, 11) is 0. The van der Waals surface area contributed by atoms with Gasteiger partial charge in [-0.15, -0.1) is 0 Å². The van der Waals surface area contributed by atoms with Crippen molar-refractivity contribution in [1.82, 2.24) is 0 Å². The fourth-order valence-corrected chi connectivity index (χ4v) is 13.0. The molecule has 0 aromatic rings. The Morgan fingerprint density at radius 1 is 0.741 bits per heavy atom. The van der Waals surface area contributed by atoms with Crippen molar-refractivity contribution in [2.75, 3.05) is 19.6 Å². The van der Waals surface area contributed by atoms with Gasteiger partial charge in [0.05, 0.1) is 12.8 Å². The van der Waals surface area contributed by atoms with Gasteiger partial charge in [0.15, 0.2) is 0 Å². The van der Waals surface area contributed by atoms with E-state index in [1.807, 2.05) is 6.08 Å². The highest BCUT2D eigenvalue weighted by Gasteiger charge is 2.58. The maximum absolute atomic E-state index is 10.7. The van der Waals surface area contributed by atoms with Crippen molar-refractivity contribution < 1.29 is 34.4 Å². The standard InChI is InChI=1S/C10H13NO4.C10H15NO2.C10H17NO2.C9H12.C7H8O/c12-9(13)5-10(6-11(14)15)4-7-2-1-3-8(7)10;1-2-10(7-11(12)13)6-8-4-3-5-9(8)10;11-6-10(5-9(12)13)4-7-2-1-3-8(7)10;1-2-7-6-8-4-3-5-9(7)8;8-7-4-5-2-1-3-6(5)7/h1-2,7-8H,3-6H2,(H,12,13);3-4,8-9H,2,5-7H2,1H3;7-8H,1-6,11H2,(H,12,13);2-4,8-9H,5-6H2,1H3;1-2,5-6H,3-4H2/t7-,8-,10-;8-,9-,10+;7-,8-,10-;8-,9+;5-,6-/m11111/s1. The first-order chi connectivity index (χ1) is 27.7. The lowest BCUT2D eigenvalue weighted by atomic mass is 9.53. The molecule has 4 N–H and O–H groups in total. The number of carbonyl (C=O) groups excluding carboxylic acids is 1. The minimum absolute atomic E-state index is 0.0255. The third kappa shape index (κ3) is 8.97. The molecular weight excluding hydrogens is 739 g/mol. The maximum atomic E-state index is 10.7. The summed E-state index contributed by atoms with van der Waals surface area (Å²) in [5.74, 6) is 4.96. The Kier molecular flexibility index (Phi) is 13.6. The summed E-state index contributed by atoms with van der Waals surface area (Å²) in [4.78, 5) is 52.7. The number of ketones is 1. The third-order valence-electron chi connectivity index (χ3n) is 16.3. The zero-order chi connectivity index (χ0) is 41.8. The number of nitrogens with zero attached hydrogens (tertiary/aromatic N) is 2. The van der Waals surface area contributed by atoms with Crippen LogP contribution in [0, 0.1) is 95.7 Å². The first kappa shape index (κ1) is 43.6. The van der Waals surface area contributed by atoms with Gasteiger partial charge in [-0.25, -0.2) is 0 Å². The zero-order valence-corrected chi connectivity index (χ0v) is 34.4. The molecule has 58 heavy (non-hydrogen) atoms. The summed E-state index contributed by atoms with van der Waals surface area (Å²) < 4.78 is 0. The van der Waals surface area contributed by atoms with E-state index in [0.29, 0.717) is 54.3 Å². The molecule has 0 spiro atoms. The molecule has 10 aliphatic rings. The molecule has 0 heterocycles. The molecule has 0 radical (unpaired) electrons. The number of carbonyl (C=O) groups is 3. The summed E-state index contributed by atoms with van der Waals surface area (Å²) >= 11 is 0. The van der Waals surface area contributed by atoms with Crippen molar-refractivity contribution in [3.63, 3.8) is 0 Å². The number of fused-ring (bicyclic) bond motifs is 5. The van der Waals surface area contributed by atoms with Crippen molar-refractivity contribution in [3.05, 3.63) is 80.5 Å². The molecule has 13 atom stereocenters. The van der Waals surface area contributed by atoms with Crippen LogP contribution >= 0.6 is 0 Å². The second-order valence-electron chi connectivity index (χ2n) is 19.2. The van der Waals surface area contributed by atoms with Gasteiger partial charge in [-0.3, -0.25) is 34.6 Å². The SMILES string of the molecule is CC=C1C[C@H]2C=CC[C@@H]12.CC[C@@]1(C[N+](=O)[O-])C[C@H]2C=CC[C@H]21.NC[C@]1(CC(=O)O)C[C@H]2CCC[C@H]21.O=C(O)C[C@@]1(C[N+](=O)[O-])C[C@H]2C=CC[C@H]21.O=C1C[C@H]2C=CC[C@@H]12. The van der Waals surface area contributed by atoms with Crippen molar-refractivity contribution in [3.8, 4) is 0 Å². The highest BCUT2D eigenvalue weighted by molar-refractivity contribution is 5.88. The molecule has 0 bridgehead atoms. The molecule has 0 unspecified atom stereocenters. The lowest BCUT2D eigenvalue weighted by Gasteiger charge is -2.51. The Bertz CT molecular complexity index is 1700. The molecule has 6 saturated carbocycles. The third-order valence-corrected chi connectivity index (χ3v) is 16.3. The maximum Gasteiger partial charge on any atom is 0.304 e. The summed E-state index contributed by atoms with van der Waals surface area (Å²) in [6, 6.07) is 0. The molecule has 0 amide bonds. The molecule has 10 rings (SSSR count). The van der Waals surface area contributed by atoms with Gasteiger partial charge in [0.2, 0.25) is 13.1 Å². The van der Waals surface area contributed by atoms with E-state index in [4.69, 9.17) is 15.9 Å². The Labute approximate surface area is 342 Å². The van der Waals surface area contributed by atoms with E-state index < -0.39 is 17.4 Å². The summed E-state index contributed by atoms with van der Waals surface area (Å²) in [6.45, 7) is 4.76. The number of carboxylic acid groups (broad SMARTS) is 2. The minimum atomic E-state index is -0.929. The van der Waals surface area contributed by atoms with E-state index in [2.05, 4.69) is 62.5 Å². The van der Waals surface area contributed by atoms with Crippen molar-refractivity contribution in [2.24, 2.45) is 81.2 Å². The van der Waals surface area contributed by atoms with Crippen LogP contribution < -0.4 is 5.73 Å². The van der Waals surface area contributed by atoms with Crippen LogP contribution in [0.3, 0.4) is 0 Å². The second-order valence-corrected chi connectivity index (χ2v) is 19.2. The molecule has 12 heteroatoms. The fraction of sp³-hybridized carbons (Fsp3) is 0.717. The van der Waals surface area contributed by atoms with Crippen LogP contribution in [0.25, 0.3) is 0 Å². The molecule has 0 aromatic carbocycles. The molecule has 0 saturated heterocycles.